The summed E-state index contributed by atoms with van der Waals surface area (Å²) >= 11 is 3.08. The highest BCUT2D eigenvalue weighted by molar-refractivity contribution is 9.10. The molecule has 17 heavy (non-hydrogen) atoms. The molecule has 2 heterocycles. The lowest BCUT2D eigenvalue weighted by atomic mass is 10.2. The smallest absolute Gasteiger partial charge is 0.383 e. The van der Waals surface area contributed by atoms with Crippen LogP contribution in [0.25, 0.3) is 0 Å². The van der Waals surface area contributed by atoms with Crippen LogP contribution >= 0.6 is 15.9 Å². The van der Waals surface area contributed by atoms with Gasteiger partial charge in [0.2, 0.25) is 0 Å². The summed E-state index contributed by atoms with van der Waals surface area (Å²) in [6.07, 6.45) is 3.12. The minimum absolute atomic E-state index is 0.215. The Morgan fingerprint density at radius 1 is 1.59 bits per heavy atom. The van der Waals surface area contributed by atoms with Gasteiger partial charge in [-0.25, -0.2) is 4.98 Å². The van der Waals surface area contributed by atoms with Gasteiger partial charge in [-0.3, -0.25) is 0 Å². The molecule has 2 rings (SSSR count). The van der Waals surface area contributed by atoms with Crippen LogP contribution in [0.3, 0.4) is 0 Å². The van der Waals surface area contributed by atoms with E-state index >= 15 is 0 Å². The first kappa shape index (κ1) is 11.5. The lowest BCUT2D eigenvalue weighted by Gasteiger charge is -2.00. The van der Waals surface area contributed by atoms with E-state index in [2.05, 4.69) is 26.0 Å². The Morgan fingerprint density at radius 3 is 2.94 bits per heavy atom. The molecule has 0 aromatic carbocycles. The van der Waals surface area contributed by atoms with E-state index < -0.39 is 4.92 Å². The highest BCUT2D eigenvalue weighted by Gasteiger charge is 2.18. The van der Waals surface area contributed by atoms with E-state index in [0.29, 0.717) is 16.8 Å². The van der Waals surface area contributed by atoms with Crippen LogP contribution in [-0.2, 0) is 6.54 Å². The molecular formula is C9H8BrN5O2. The van der Waals surface area contributed by atoms with Gasteiger partial charge in [0.15, 0.2) is 0 Å². The number of rotatable bonds is 3. The van der Waals surface area contributed by atoms with E-state index in [4.69, 9.17) is 5.73 Å². The first-order valence-electron chi connectivity index (χ1n) is 4.64. The zero-order chi connectivity index (χ0) is 12.4. The zero-order valence-electron chi connectivity index (χ0n) is 8.58. The van der Waals surface area contributed by atoms with Gasteiger partial charge in [0.25, 0.3) is 0 Å². The lowest BCUT2D eigenvalue weighted by Crippen LogP contribution is -2.05. The van der Waals surface area contributed by atoms with Gasteiger partial charge in [0.1, 0.15) is 10.3 Å². The number of nitrogens with two attached hydrogens (primary N) is 1. The highest BCUT2D eigenvalue weighted by Crippen LogP contribution is 2.22. The summed E-state index contributed by atoms with van der Waals surface area (Å²) in [5.41, 5.74) is 6.44. The summed E-state index contributed by atoms with van der Waals surface area (Å²) in [6, 6.07) is 3.54. The second-order valence-electron chi connectivity index (χ2n) is 3.30. The molecule has 2 aromatic rings. The standard InChI is InChI=1S/C9H8BrN5O2/c10-7-5-14(13-9(7)15(16)17)4-6-2-1-3-12-8(6)11/h1-3,5H,4H2,(H2,11,12). The molecule has 0 spiro atoms. The monoisotopic (exact) mass is 297 g/mol. The van der Waals surface area contributed by atoms with Crippen LogP contribution in [-0.4, -0.2) is 19.7 Å². The predicted octanol–water partition coefficient (Wildman–Crippen LogP) is 1.58. The van der Waals surface area contributed by atoms with Gasteiger partial charge in [-0.1, -0.05) is 6.07 Å². The van der Waals surface area contributed by atoms with E-state index in [1.165, 1.54) is 10.9 Å². The lowest BCUT2D eigenvalue weighted by molar-refractivity contribution is -0.390. The molecule has 2 N–H and O–H groups in total. The van der Waals surface area contributed by atoms with Crippen molar-refractivity contribution in [3.63, 3.8) is 0 Å². The van der Waals surface area contributed by atoms with Crippen molar-refractivity contribution in [2.45, 2.75) is 6.54 Å². The molecule has 0 radical (unpaired) electrons. The van der Waals surface area contributed by atoms with Gasteiger partial charge >= 0.3 is 5.82 Å². The third kappa shape index (κ3) is 2.41. The molecule has 0 aliphatic rings. The molecule has 0 bridgehead atoms. The van der Waals surface area contributed by atoms with Crippen LogP contribution < -0.4 is 5.73 Å². The van der Waals surface area contributed by atoms with Gasteiger partial charge in [-0.05, 0) is 26.9 Å². The number of hydrogen-bond donors (Lipinski definition) is 1. The molecule has 0 unspecified atom stereocenters. The molecule has 0 saturated carbocycles. The number of nitrogen functional groups attached to an aromatic ring is 1. The summed E-state index contributed by atoms with van der Waals surface area (Å²) in [5.74, 6) is 0.175. The Morgan fingerprint density at radius 2 is 2.35 bits per heavy atom. The average molecular weight is 298 g/mol. The second-order valence-corrected chi connectivity index (χ2v) is 4.16. The molecule has 0 saturated heterocycles. The van der Waals surface area contributed by atoms with Crippen molar-refractivity contribution >= 4 is 27.6 Å². The number of pyridine rings is 1. The van der Waals surface area contributed by atoms with E-state index in [0.717, 1.165) is 5.56 Å². The first-order valence-corrected chi connectivity index (χ1v) is 5.44. The Kier molecular flexibility index (Phi) is 3.05. The van der Waals surface area contributed by atoms with Crippen molar-refractivity contribution in [3.8, 4) is 0 Å². The van der Waals surface area contributed by atoms with Crippen molar-refractivity contribution in [2.75, 3.05) is 5.73 Å². The van der Waals surface area contributed by atoms with Crippen LogP contribution in [0.1, 0.15) is 5.56 Å². The molecule has 88 valence electrons. The van der Waals surface area contributed by atoms with Crippen LogP contribution in [0.15, 0.2) is 29.0 Å². The fourth-order valence-electron chi connectivity index (χ4n) is 1.35. The van der Waals surface area contributed by atoms with E-state index in [1.807, 2.05) is 0 Å². The summed E-state index contributed by atoms with van der Waals surface area (Å²) < 4.78 is 1.78. The summed E-state index contributed by atoms with van der Waals surface area (Å²) in [5, 5.41) is 14.5. The zero-order valence-corrected chi connectivity index (χ0v) is 10.2. The molecule has 0 atom stereocenters. The third-order valence-corrected chi connectivity index (χ3v) is 2.69. The highest BCUT2D eigenvalue weighted by atomic mass is 79.9. The summed E-state index contributed by atoms with van der Waals surface area (Å²) in [6.45, 7) is 0.339. The number of nitro groups is 1. The maximum Gasteiger partial charge on any atom is 0.404 e. The maximum absolute atomic E-state index is 10.6. The normalized spacial score (nSPS) is 10.4. The van der Waals surface area contributed by atoms with E-state index in [-0.39, 0.29) is 5.82 Å². The van der Waals surface area contributed by atoms with Crippen LogP contribution in [0.5, 0.6) is 0 Å². The summed E-state index contributed by atoms with van der Waals surface area (Å²) in [7, 11) is 0. The minimum atomic E-state index is -0.548. The topological polar surface area (TPSA) is 99.9 Å². The molecule has 0 amide bonds. The molecule has 7 nitrogen and oxygen atoms in total. The largest absolute Gasteiger partial charge is 0.404 e. The SMILES string of the molecule is Nc1ncccc1Cn1cc(Br)c([N+](=O)[O-])n1. The number of nitrogens with zero attached hydrogens (tertiary/aromatic N) is 4. The fourth-order valence-corrected chi connectivity index (χ4v) is 1.81. The predicted molar refractivity (Wildman–Crippen MR) is 64.3 cm³/mol. The van der Waals surface area contributed by atoms with Gasteiger partial charge in [-0.15, -0.1) is 0 Å². The van der Waals surface area contributed by atoms with Crippen molar-refractivity contribution in [1.82, 2.24) is 14.8 Å². The first-order chi connectivity index (χ1) is 8.08. The molecule has 2 aromatic heterocycles. The van der Waals surface area contributed by atoms with Crippen molar-refractivity contribution < 1.29 is 4.92 Å². The van der Waals surface area contributed by atoms with Gasteiger partial charge in [-0.2, -0.15) is 4.68 Å². The average Bonchev–Trinajstić information content (AvgIpc) is 2.63. The Hall–Kier alpha value is -1.96. The van der Waals surface area contributed by atoms with E-state index in [1.54, 1.807) is 18.3 Å². The Balaban J connectivity index is 2.28. The number of aromatic nitrogens is 3. The maximum atomic E-state index is 10.6. The Labute approximate surface area is 105 Å². The number of halogens is 1. The van der Waals surface area contributed by atoms with Crippen molar-refractivity contribution in [2.24, 2.45) is 0 Å². The fraction of sp³-hybridized carbons (Fsp3) is 0.111. The van der Waals surface area contributed by atoms with Crippen LogP contribution in [0, 0.1) is 10.1 Å². The van der Waals surface area contributed by atoms with E-state index in [9.17, 15) is 10.1 Å². The van der Waals surface area contributed by atoms with Crippen LogP contribution in [0.4, 0.5) is 11.6 Å². The molecule has 0 aliphatic carbocycles. The Bertz CT molecular complexity index is 568. The molecule has 0 fully saturated rings. The molecule has 0 aliphatic heterocycles. The van der Waals surface area contributed by atoms with Gasteiger partial charge in [0, 0.05) is 11.8 Å². The third-order valence-electron chi connectivity index (χ3n) is 2.13. The second kappa shape index (κ2) is 4.50. The summed E-state index contributed by atoms with van der Waals surface area (Å²) in [4.78, 5) is 14.0. The van der Waals surface area contributed by atoms with Crippen molar-refractivity contribution in [1.29, 1.82) is 0 Å². The minimum Gasteiger partial charge on any atom is -0.383 e. The van der Waals surface area contributed by atoms with Crippen LogP contribution in [0.2, 0.25) is 0 Å². The number of anilines is 1. The quantitative estimate of drug-likeness (QED) is 0.685. The molecular weight excluding hydrogens is 290 g/mol. The van der Waals surface area contributed by atoms with Gasteiger partial charge in [0.05, 0.1) is 17.8 Å². The van der Waals surface area contributed by atoms with Crippen molar-refractivity contribution in [3.05, 3.63) is 44.7 Å². The van der Waals surface area contributed by atoms with Gasteiger partial charge < -0.3 is 15.8 Å². The number of hydrogen-bond acceptors (Lipinski definition) is 5. The molecule has 8 heteroatoms.